The third-order valence-corrected chi connectivity index (χ3v) is 6.90. The lowest BCUT2D eigenvalue weighted by atomic mass is 9.63. The third kappa shape index (κ3) is 4.06. The van der Waals surface area contributed by atoms with E-state index in [4.69, 9.17) is 0 Å². The molecule has 3 fully saturated rings. The van der Waals surface area contributed by atoms with Crippen LogP contribution in [0.2, 0.25) is 0 Å². The van der Waals surface area contributed by atoms with Crippen molar-refractivity contribution >= 4 is 5.91 Å². The molecule has 1 amide bonds. The minimum atomic E-state index is 0.182. The SMILES string of the molecule is CC(=O)N[C@@H]1CC[C@@H](C2CCCCC2)C[C@@H]1C1CCCCC1. The fourth-order valence-electron chi connectivity index (χ4n) is 5.80. The van der Waals surface area contributed by atoms with Crippen LogP contribution in [-0.2, 0) is 4.79 Å². The summed E-state index contributed by atoms with van der Waals surface area (Å²) in [7, 11) is 0. The second kappa shape index (κ2) is 7.84. The van der Waals surface area contributed by atoms with Crippen molar-refractivity contribution in [1.29, 1.82) is 0 Å². The summed E-state index contributed by atoms with van der Waals surface area (Å²) in [5.41, 5.74) is 0. The van der Waals surface area contributed by atoms with Gasteiger partial charge in [0.2, 0.25) is 5.91 Å². The van der Waals surface area contributed by atoms with E-state index in [1.54, 1.807) is 6.92 Å². The molecule has 22 heavy (non-hydrogen) atoms. The predicted octanol–water partition coefficient (Wildman–Crippen LogP) is 5.07. The molecule has 3 aliphatic rings. The first-order valence-corrected chi connectivity index (χ1v) is 10.0. The van der Waals surface area contributed by atoms with Gasteiger partial charge in [0.15, 0.2) is 0 Å². The molecule has 0 spiro atoms. The Bertz CT molecular complexity index is 355. The lowest BCUT2D eigenvalue weighted by Crippen LogP contribution is -2.47. The van der Waals surface area contributed by atoms with Gasteiger partial charge in [-0.3, -0.25) is 4.79 Å². The third-order valence-electron chi connectivity index (χ3n) is 6.90. The van der Waals surface area contributed by atoms with Crippen molar-refractivity contribution in [3.05, 3.63) is 0 Å². The topological polar surface area (TPSA) is 29.1 Å². The van der Waals surface area contributed by atoms with Crippen LogP contribution in [0.1, 0.15) is 90.4 Å². The highest BCUT2D eigenvalue weighted by atomic mass is 16.1. The Morgan fingerprint density at radius 1 is 0.727 bits per heavy atom. The van der Waals surface area contributed by atoms with Gasteiger partial charge >= 0.3 is 0 Å². The Balaban J connectivity index is 1.65. The first kappa shape index (κ1) is 16.3. The summed E-state index contributed by atoms with van der Waals surface area (Å²) in [5, 5.41) is 3.31. The zero-order chi connectivity index (χ0) is 15.4. The van der Waals surface area contributed by atoms with E-state index in [2.05, 4.69) is 5.32 Å². The average Bonchev–Trinajstić information content (AvgIpc) is 2.56. The van der Waals surface area contributed by atoms with Crippen molar-refractivity contribution in [2.24, 2.45) is 23.7 Å². The fourth-order valence-corrected chi connectivity index (χ4v) is 5.80. The van der Waals surface area contributed by atoms with Gasteiger partial charge in [-0.1, -0.05) is 64.2 Å². The Hall–Kier alpha value is -0.530. The first-order valence-electron chi connectivity index (χ1n) is 10.0. The van der Waals surface area contributed by atoms with Gasteiger partial charge in [-0.05, 0) is 42.9 Å². The second-order valence-corrected chi connectivity index (χ2v) is 8.34. The van der Waals surface area contributed by atoms with Crippen LogP contribution in [0, 0.1) is 23.7 Å². The summed E-state index contributed by atoms with van der Waals surface area (Å²) in [4.78, 5) is 11.6. The highest BCUT2D eigenvalue weighted by molar-refractivity contribution is 5.73. The molecule has 2 heteroatoms. The normalized spacial score (nSPS) is 35.2. The Kier molecular flexibility index (Phi) is 5.82. The molecule has 0 aromatic heterocycles. The van der Waals surface area contributed by atoms with Crippen LogP contribution in [-0.4, -0.2) is 11.9 Å². The van der Waals surface area contributed by atoms with E-state index in [9.17, 15) is 4.79 Å². The number of hydrogen-bond donors (Lipinski definition) is 1. The van der Waals surface area contributed by atoms with Gasteiger partial charge in [-0.25, -0.2) is 0 Å². The molecule has 3 saturated carbocycles. The Morgan fingerprint density at radius 2 is 1.32 bits per heavy atom. The highest BCUT2D eigenvalue weighted by Gasteiger charge is 2.38. The zero-order valence-corrected chi connectivity index (χ0v) is 14.5. The molecule has 0 unspecified atom stereocenters. The minimum absolute atomic E-state index is 0.182. The first-order chi connectivity index (χ1) is 10.7. The predicted molar refractivity (Wildman–Crippen MR) is 91.6 cm³/mol. The smallest absolute Gasteiger partial charge is 0.217 e. The van der Waals surface area contributed by atoms with Crippen molar-refractivity contribution in [3.8, 4) is 0 Å². The fraction of sp³-hybridized carbons (Fsp3) is 0.950. The van der Waals surface area contributed by atoms with Gasteiger partial charge in [-0.15, -0.1) is 0 Å². The molecular formula is C20H35NO. The van der Waals surface area contributed by atoms with E-state index < -0.39 is 0 Å². The van der Waals surface area contributed by atoms with Gasteiger partial charge in [0.05, 0.1) is 0 Å². The van der Waals surface area contributed by atoms with E-state index in [1.165, 1.54) is 83.5 Å². The Labute approximate surface area is 136 Å². The molecule has 126 valence electrons. The molecule has 0 aromatic carbocycles. The second-order valence-electron chi connectivity index (χ2n) is 8.34. The molecule has 2 nitrogen and oxygen atoms in total. The largest absolute Gasteiger partial charge is 0.353 e. The van der Waals surface area contributed by atoms with Gasteiger partial charge < -0.3 is 5.32 Å². The molecular weight excluding hydrogens is 270 g/mol. The van der Waals surface area contributed by atoms with E-state index in [0.29, 0.717) is 6.04 Å². The molecule has 0 aliphatic heterocycles. The van der Waals surface area contributed by atoms with Crippen LogP contribution in [0.3, 0.4) is 0 Å². The van der Waals surface area contributed by atoms with Crippen molar-refractivity contribution in [1.82, 2.24) is 5.32 Å². The van der Waals surface area contributed by atoms with Crippen molar-refractivity contribution in [3.63, 3.8) is 0 Å². The number of rotatable bonds is 3. The molecule has 0 heterocycles. The van der Waals surface area contributed by atoms with Gasteiger partial charge in [0.25, 0.3) is 0 Å². The van der Waals surface area contributed by atoms with Crippen LogP contribution in [0.15, 0.2) is 0 Å². The van der Waals surface area contributed by atoms with Gasteiger partial charge in [0, 0.05) is 13.0 Å². The summed E-state index contributed by atoms with van der Waals surface area (Å²) in [6.45, 7) is 1.70. The van der Waals surface area contributed by atoms with E-state index in [0.717, 1.165) is 23.7 Å². The molecule has 1 N–H and O–H groups in total. The van der Waals surface area contributed by atoms with Crippen molar-refractivity contribution < 1.29 is 4.79 Å². The number of hydrogen-bond acceptors (Lipinski definition) is 1. The lowest BCUT2D eigenvalue weighted by molar-refractivity contribution is -0.120. The molecule has 3 aliphatic carbocycles. The zero-order valence-electron chi connectivity index (χ0n) is 14.5. The minimum Gasteiger partial charge on any atom is -0.353 e. The molecule has 0 saturated heterocycles. The van der Waals surface area contributed by atoms with E-state index in [1.807, 2.05) is 0 Å². The number of amides is 1. The summed E-state index contributed by atoms with van der Waals surface area (Å²) in [6.07, 6.45) is 18.4. The van der Waals surface area contributed by atoms with Crippen LogP contribution in [0.25, 0.3) is 0 Å². The van der Waals surface area contributed by atoms with Gasteiger partial charge in [0.1, 0.15) is 0 Å². The van der Waals surface area contributed by atoms with Crippen LogP contribution < -0.4 is 5.32 Å². The monoisotopic (exact) mass is 305 g/mol. The maximum absolute atomic E-state index is 11.6. The molecule has 3 rings (SSSR count). The Morgan fingerprint density at radius 3 is 1.91 bits per heavy atom. The lowest BCUT2D eigenvalue weighted by Gasteiger charge is -2.45. The highest BCUT2D eigenvalue weighted by Crippen LogP contribution is 2.45. The summed E-state index contributed by atoms with van der Waals surface area (Å²) >= 11 is 0. The number of carbonyl (C=O) groups is 1. The van der Waals surface area contributed by atoms with Gasteiger partial charge in [-0.2, -0.15) is 0 Å². The van der Waals surface area contributed by atoms with Crippen LogP contribution in [0.4, 0.5) is 0 Å². The van der Waals surface area contributed by atoms with Crippen molar-refractivity contribution in [2.45, 2.75) is 96.4 Å². The molecule has 0 bridgehead atoms. The maximum atomic E-state index is 11.6. The van der Waals surface area contributed by atoms with Crippen LogP contribution in [0.5, 0.6) is 0 Å². The molecule has 0 aromatic rings. The molecule has 3 atom stereocenters. The summed E-state index contributed by atoms with van der Waals surface area (Å²) in [6, 6.07) is 0.473. The van der Waals surface area contributed by atoms with E-state index >= 15 is 0 Å². The summed E-state index contributed by atoms with van der Waals surface area (Å²) in [5.74, 6) is 3.79. The summed E-state index contributed by atoms with van der Waals surface area (Å²) < 4.78 is 0. The molecule has 0 radical (unpaired) electrons. The van der Waals surface area contributed by atoms with Crippen LogP contribution >= 0.6 is 0 Å². The average molecular weight is 306 g/mol. The standard InChI is InChI=1S/C20H35NO/c1-15(22)21-20-13-12-18(16-8-4-2-5-9-16)14-19(20)17-10-6-3-7-11-17/h16-20H,2-14H2,1H3,(H,21,22)/t18-,19-,20-/m1/s1. The maximum Gasteiger partial charge on any atom is 0.217 e. The van der Waals surface area contributed by atoms with E-state index in [-0.39, 0.29) is 5.91 Å². The number of carbonyl (C=O) groups excluding carboxylic acids is 1. The van der Waals surface area contributed by atoms with Crippen molar-refractivity contribution in [2.75, 3.05) is 0 Å². The quantitative estimate of drug-likeness (QED) is 0.775. The number of nitrogens with one attached hydrogen (secondary N) is 1.